The van der Waals surface area contributed by atoms with E-state index in [2.05, 4.69) is 9.97 Å². The number of benzene rings is 2. The van der Waals surface area contributed by atoms with Gasteiger partial charge in [0, 0.05) is 10.9 Å². The van der Waals surface area contributed by atoms with Crippen molar-refractivity contribution in [2.45, 2.75) is 0 Å². The summed E-state index contributed by atoms with van der Waals surface area (Å²) in [5.41, 5.74) is 0.764. The Bertz CT molecular complexity index is 821. The second-order valence-corrected chi connectivity index (χ2v) is 5.20. The predicted octanol–water partition coefficient (Wildman–Crippen LogP) is 4.96. The molecule has 0 aliphatic rings. The van der Waals surface area contributed by atoms with Gasteiger partial charge in [-0.05, 0) is 23.1 Å². The first-order valence-electron chi connectivity index (χ1n) is 5.67. The number of fused-ring (bicyclic) bond motifs is 1. The SMILES string of the molecule is Oc1c(-c2nc(Cl)nc(Cl)c2Cl)ccc2ccccc12. The summed E-state index contributed by atoms with van der Waals surface area (Å²) >= 11 is 17.8. The topological polar surface area (TPSA) is 46.0 Å². The van der Waals surface area contributed by atoms with Crippen LogP contribution in [-0.2, 0) is 0 Å². The van der Waals surface area contributed by atoms with E-state index in [9.17, 15) is 5.11 Å². The lowest BCUT2D eigenvalue weighted by atomic mass is 10.0. The molecule has 3 nitrogen and oxygen atoms in total. The minimum absolute atomic E-state index is 0.0260. The monoisotopic (exact) mass is 324 g/mol. The van der Waals surface area contributed by atoms with Gasteiger partial charge in [-0.25, -0.2) is 9.97 Å². The van der Waals surface area contributed by atoms with Crippen molar-refractivity contribution in [1.29, 1.82) is 0 Å². The summed E-state index contributed by atoms with van der Waals surface area (Å²) in [5, 5.41) is 12.2. The lowest BCUT2D eigenvalue weighted by Gasteiger charge is -2.09. The Morgan fingerprint density at radius 3 is 2.45 bits per heavy atom. The number of aromatic nitrogens is 2. The molecule has 20 heavy (non-hydrogen) atoms. The van der Waals surface area contributed by atoms with E-state index < -0.39 is 0 Å². The van der Waals surface area contributed by atoms with Crippen LogP contribution in [0.25, 0.3) is 22.0 Å². The molecule has 0 amide bonds. The van der Waals surface area contributed by atoms with Gasteiger partial charge in [0.2, 0.25) is 5.28 Å². The molecule has 0 unspecified atom stereocenters. The molecule has 0 radical (unpaired) electrons. The molecule has 1 aromatic heterocycles. The molecule has 0 saturated carbocycles. The Hall–Kier alpha value is -1.55. The summed E-state index contributed by atoms with van der Waals surface area (Å²) in [4.78, 5) is 7.81. The molecule has 0 bridgehead atoms. The van der Waals surface area contributed by atoms with Crippen LogP contribution in [0.4, 0.5) is 0 Å². The van der Waals surface area contributed by atoms with Crippen LogP contribution in [-0.4, -0.2) is 15.1 Å². The van der Waals surface area contributed by atoms with Gasteiger partial charge in [-0.2, -0.15) is 0 Å². The molecule has 3 rings (SSSR count). The number of aromatic hydroxyl groups is 1. The first-order chi connectivity index (χ1) is 9.58. The highest BCUT2D eigenvalue weighted by Gasteiger charge is 2.16. The number of halogens is 3. The number of phenolic OH excluding ortho intramolecular Hbond substituents is 1. The number of rotatable bonds is 1. The van der Waals surface area contributed by atoms with Crippen LogP contribution in [0.15, 0.2) is 36.4 Å². The largest absolute Gasteiger partial charge is 0.507 e. The minimum atomic E-state index is -0.0260. The summed E-state index contributed by atoms with van der Waals surface area (Å²) in [6.45, 7) is 0. The fourth-order valence-electron chi connectivity index (χ4n) is 2.02. The molecule has 0 aliphatic heterocycles. The van der Waals surface area contributed by atoms with Crippen LogP contribution >= 0.6 is 34.8 Å². The van der Waals surface area contributed by atoms with Gasteiger partial charge >= 0.3 is 0 Å². The van der Waals surface area contributed by atoms with Crippen LogP contribution in [0.1, 0.15) is 0 Å². The number of hydrogen-bond acceptors (Lipinski definition) is 3. The van der Waals surface area contributed by atoms with Crippen LogP contribution < -0.4 is 0 Å². The standard InChI is InChI=1S/C14H7Cl3N2O/c15-10-11(18-14(17)19-13(10)16)9-6-5-7-3-1-2-4-8(7)12(9)20/h1-6,20H. The van der Waals surface area contributed by atoms with E-state index in [0.29, 0.717) is 16.6 Å². The Morgan fingerprint density at radius 2 is 1.65 bits per heavy atom. The van der Waals surface area contributed by atoms with E-state index in [1.165, 1.54) is 0 Å². The summed E-state index contributed by atoms with van der Waals surface area (Å²) < 4.78 is 0. The quantitative estimate of drug-likeness (QED) is 0.508. The Labute approximate surface area is 129 Å². The van der Waals surface area contributed by atoms with Crippen molar-refractivity contribution >= 4 is 45.6 Å². The lowest BCUT2D eigenvalue weighted by molar-refractivity contribution is 0.483. The molecule has 3 aromatic rings. The molecule has 6 heteroatoms. The Balaban J connectivity index is 2.33. The summed E-state index contributed by atoms with van der Waals surface area (Å²) in [6, 6.07) is 11.0. The smallest absolute Gasteiger partial charge is 0.224 e. The fourth-order valence-corrected chi connectivity index (χ4v) is 2.59. The second-order valence-electron chi connectivity index (χ2n) is 4.13. The van der Waals surface area contributed by atoms with Crippen LogP contribution in [0.3, 0.4) is 0 Å². The summed E-state index contributed by atoms with van der Waals surface area (Å²) in [7, 11) is 0. The summed E-state index contributed by atoms with van der Waals surface area (Å²) in [6.07, 6.45) is 0. The van der Waals surface area contributed by atoms with Crippen LogP contribution in [0.2, 0.25) is 15.5 Å². The molecule has 100 valence electrons. The zero-order chi connectivity index (χ0) is 14.3. The van der Waals surface area contributed by atoms with Crippen LogP contribution in [0, 0.1) is 0 Å². The van der Waals surface area contributed by atoms with E-state index in [1.54, 1.807) is 6.07 Å². The van der Waals surface area contributed by atoms with Gasteiger partial charge in [-0.1, -0.05) is 53.5 Å². The maximum Gasteiger partial charge on any atom is 0.224 e. The average molecular weight is 326 g/mol. The summed E-state index contributed by atoms with van der Waals surface area (Å²) in [5.74, 6) is 0.0795. The molecule has 0 aliphatic carbocycles. The van der Waals surface area contributed by atoms with Crippen molar-refractivity contribution < 1.29 is 5.11 Å². The lowest BCUT2D eigenvalue weighted by Crippen LogP contribution is -1.92. The van der Waals surface area contributed by atoms with Gasteiger partial charge in [0.05, 0.1) is 5.69 Å². The van der Waals surface area contributed by atoms with E-state index in [-0.39, 0.29) is 21.2 Å². The second kappa shape index (κ2) is 5.09. The maximum absolute atomic E-state index is 10.4. The molecule has 1 N–H and O–H groups in total. The maximum atomic E-state index is 10.4. The molecule has 2 aromatic carbocycles. The van der Waals surface area contributed by atoms with E-state index in [4.69, 9.17) is 34.8 Å². The van der Waals surface area contributed by atoms with Crippen molar-refractivity contribution in [3.63, 3.8) is 0 Å². The third-order valence-electron chi connectivity index (χ3n) is 2.94. The third kappa shape index (κ3) is 2.18. The third-order valence-corrected chi connectivity index (χ3v) is 3.84. The predicted molar refractivity (Wildman–Crippen MR) is 81.7 cm³/mol. The van der Waals surface area contributed by atoms with Gasteiger partial charge in [0.25, 0.3) is 0 Å². The normalized spacial score (nSPS) is 10.9. The van der Waals surface area contributed by atoms with Crippen molar-refractivity contribution in [2.24, 2.45) is 0 Å². The molecule has 0 spiro atoms. The highest BCUT2D eigenvalue weighted by molar-refractivity contribution is 6.43. The van der Waals surface area contributed by atoms with Gasteiger partial charge in [-0.15, -0.1) is 0 Å². The molecule has 0 atom stereocenters. The highest BCUT2D eigenvalue weighted by atomic mass is 35.5. The van der Waals surface area contributed by atoms with Gasteiger partial charge in [0.15, 0.2) is 5.15 Å². The molecule has 0 fully saturated rings. The van der Waals surface area contributed by atoms with Crippen molar-refractivity contribution in [1.82, 2.24) is 9.97 Å². The molecule has 1 heterocycles. The zero-order valence-corrected chi connectivity index (χ0v) is 12.2. The van der Waals surface area contributed by atoms with E-state index >= 15 is 0 Å². The molecular formula is C14H7Cl3N2O. The zero-order valence-electron chi connectivity index (χ0n) is 9.94. The Kier molecular flexibility index (Phi) is 3.42. The molecular weight excluding hydrogens is 319 g/mol. The number of hydrogen-bond donors (Lipinski definition) is 1. The first kappa shape index (κ1) is 13.4. The van der Waals surface area contributed by atoms with E-state index in [1.807, 2.05) is 30.3 Å². The van der Waals surface area contributed by atoms with E-state index in [0.717, 1.165) is 5.39 Å². The van der Waals surface area contributed by atoms with Crippen LogP contribution in [0.5, 0.6) is 5.75 Å². The van der Waals surface area contributed by atoms with Gasteiger partial charge in [0.1, 0.15) is 10.8 Å². The van der Waals surface area contributed by atoms with Crippen molar-refractivity contribution in [3.05, 3.63) is 51.9 Å². The highest BCUT2D eigenvalue weighted by Crippen LogP contribution is 2.39. The number of phenols is 1. The van der Waals surface area contributed by atoms with Gasteiger partial charge < -0.3 is 5.11 Å². The average Bonchev–Trinajstić information content (AvgIpc) is 2.44. The fraction of sp³-hybridized carbons (Fsp3) is 0. The first-order valence-corrected chi connectivity index (χ1v) is 6.81. The molecule has 0 saturated heterocycles. The van der Waals surface area contributed by atoms with Crippen molar-refractivity contribution in [3.8, 4) is 17.0 Å². The minimum Gasteiger partial charge on any atom is -0.507 e. The van der Waals surface area contributed by atoms with Gasteiger partial charge in [-0.3, -0.25) is 0 Å². The Morgan fingerprint density at radius 1 is 0.900 bits per heavy atom. The number of nitrogens with zero attached hydrogens (tertiary/aromatic N) is 2. The van der Waals surface area contributed by atoms with Crippen molar-refractivity contribution in [2.75, 3.05) is 0 Å².